The van der Waals surface area contributed by atoms with Crippen molar-refractivity contribution in [2.24, 2.45) is 0 Å². The molecular weight excluding hydrogens is 335 g/mol. The van der Waals surface area contributed by atoms with Crippen molar-refractivity contribution in [3.05, 3.63) is 76.7 Å². The molecule has 0 unspecified atom stereocenters. The molecule has 0 spiro atoms. The van der Waals surface area contributed by atoms with E-state index in [2.05, 4.69) is 4.98 Å². The summed E-state index contributed by atoms with van der Waals surface area (Å²) in [4.78, 5) is 20.4. The van der Waals surface area contributed by atoms with Crippen LogP contribution in [-0.2, 0) is 6.42 Å². The Bertz CT molecular complexity index is 859. The number of hydrogen-bond donors (Lipinski definition) is 0. The monoisotopic (exact) mass is 354 g/mol. The molecule has 5 heteroatoms. The van der Waals surface area contributed by atoms with E-state index in [1.54, 1.807) is 30.3 Å². The first-order valence-corrected chi connectivity index (χ1v) is 8.88. The van der Waals surface area contributed by atoms with Crippen LogP contribution in [0.5, 0.6) is 0 Å². The van der Waals surface area contributed by atoms with Crippen LogP contribution in [0.2, 0.25) is 0 Å². The van der Waals surface area contributed by atoms with Gasteiger partial charge in [-0.2, -0.15) is 0 Å². The van der Waals surface area contributed by atoms with Gasteiger partial charge < -0.3 is 4.90 Å². The van der Waals surface area contributed by atoms with Crippen LogP contribution in [0.3, 0.4) is 0 Å². The lowest BCUT2D eigenvalue weighted by molar-refractivity contribution is 0.0801. The van der Waals surface area contributed by atoms with Gasteiger partial charge in [0.25, 0.3) is 5.91 Å². The van der Waals surface area contributed by atoms with Crippen molar-refractivity contribution >= 4 is 17.2 Å². The summed E-state index contributed by atoms with van der Waals surface area (Å²) < 4.78 is 13.1. The van der Waals surface area contributed by atoms with Gasteiger partial charge in [0.2, 0.25) is 0 Å². The van der Waals surface area contributed by atoms with Gasteiger partial charge in [0.05, 0.1) is 4.88 Å². The van der Waals surface area contributed by atoms with E-state index in [0.717, 1.165) is 28.1 Å². The number of aromatic nitrogens is 1. The van der Waals surface area contributed by atoms with Crippen molar-refractivity contribution in [1.82, 2.24) is 9.88 Å². The average molecular weight is 354 g/mol. The standard InChI is InChI=1S/C20H19FN2OS/c1-14-13-18(25-19(14)15-6-8-16(21)9-7-15)20(24)23(2)12-10-17-5-3-4-11-22-17/h3-9,11,13H,10,12H2,1-2H3. The summed E-state index contributed by atoms with van der Waals surface area (Å²) in [7, 11) is 1.80. The third-order valence-corrected chi connectivity index (χ3v) is 5.29. The maximum Gasteiger partial charge on any atom is 0.263 e. The number of nitrogens with zero attached hydrogens (tertiary/aromatic N) is 2. The zero-order valence-corrected chi connectivity index (χ0v) is 15.0. The van der Waals surface area contributed by atoms with Gasteiger partial charge in [-0.25, -0.2) is 4.39 Å². The van der Waals surface area contributed by atoms with Gasteiger partial charge in [0.1, 0.15) is 5.82 Å². The molecule has 25 heavy (non-hydrogen) atoms. The number of rotatable bonds is 5. The van der Waals surface area contributed by atoms with Crippen LogP contribution in [0.15, 0.2) is 54.7 Å². The molecule has 0 aliphatic heterocycles. The Morgan fingerprint density at radius 1 is 1.20 bits per heavy atom. The van der Waals surface area contributed by atoms with Crippen LogP contribution < -0.4 is 0 Å². The minimum Gasteiger partial charge on any atom is -0.341 e. The first-order valence-electron chi connectivity index (χ1n) is 8.06. The summed E-state index contributed by atoms with van der Waals surface area (Å²) in [5, 5.41) is 0. The number of halogens is 1. The first-order chi connectivity index (χ1) is 12.0. The predicted octanol–water partition coefficient (Wildman–Crippen LogP) is 4.57. The number of hydrogen-bond acceptors (Lipinski definition) is 3. The topological polar surface area (TPSA) is 33.2 Å². The van der Waals surface area contributed by atoms with Crippen LogP contribution in [0, 0.1) is 12.7 Å². The van der Waals surface area contributed by atoms with Crippen molar-refractivity contribution in [2.45, 2.75) is 13.3 Å². The van der Waals surface area contributed by atoms with Gasteiger partial charge in [-0.05, 0) is 48.4 Å². The van der Waals surface area contributed by atoms with E-state index < -0.39 is 0 Å². The zero-order chi connectivity index (χ0) is 17.8. The van der Waals surface area contributed by atoms with Crippen LogP contribution >= 0.6 is 11.3 Å². The van der Waals surface area contributed by atoms with Crippen LogP contribution in [0.1, 0.15) is 20.9 Å². The van der Waals surface area contributed by atoms with Gasteiger partial charge in [-0.1, -0.05) is 18.2 Å². The fourth-order valence-corrected chi connectivity index (χ4v) is 3.77. The number of carbonyl (C=O) groups excluding carboxylic acids is 1. The van der Waals surface area contributed by atoms with Crippen molar-refractivity contribution in [3.63, 3.8) is 0 Å². The Balaban J connectivity index is 1.72. The number of aryl methyl sites for hydroxylation is 1. The Morgan fingerprint density at radius 2 is 1.96 bits per heavy atom. The molecular formula is C20H19FN2OS. The van der Waals surface area contributed by atoms with Gasteiger partial charge in [-0.3, -0.25) is 9.78 Å². The molecule has 0 N–H and O–H groups in total. The molecule has 3 rings (SSSR count). The van der Waals surface area contributed by atoms with Gasteiger partial charge >= 0.3 is 0 Å². The smallest absolute Gasteiger partial charge is 0.263 e. The van der Waals surface area contributed by atoms with Crippen molar-refractivity contribution in [2.75, 3.05) is 13.6 Å². The summed E-state index contributed by atoms with van der Waals surface area (Å²) in [6.45, 7) is 2.58. The molecule has 3 nitrogen and oxygen atoms in total. The molecule has 2 aromatic heterocycles. The molecule has 3 aromatic rings. The second-order valence-electron chi connectivity index (χ2n) is 5.93. The molecule has 128 valence electrons. The molecule has 0 aliphatic rings. The minimum atomic E-state index is -0.261. The normalized spacial score (nSPS) is 10.7. The average Bonchev–Trinajstić information content (AvgIpc) is 3.02. The second-order valence-corrected chi connectivity index (χ2v) is 6.98. The van der Waals surface area contributed by atoms with Gasteiger partial charge in [-0.15, -0.1) is 11.3 Å². The van der Waals surface area contributed by atoms with E-state index in [1.165, 1.54) is 23.5 Å². The Labute approximate surface area is 150 Å². The first kappa shape index (κ1) is 17.3. The molecule has 0 aliphatic carbocycles. The fourth-order valence-electron chi connectivity index (χ4n) is 2.59. The molecule has 0 bridgehead atoms. The SMILES string of the molecule is Cc1cc(C(=O)N(C)CCc2ccccn2)sc1-c1ccc(F)cc1. The lowest BCUT2D eigenvalue weighted by Gasteiger charge is -2.15. The maximum atomic E-state index is 13.1. The molecule has 0 radical (unpaired) electrons. The number of thiophene rings is 1. The minimum absolute atomic E-state index is 0.00241. The fraction of sp³-hybridized carbons (Fsp3) is 0.200. The quantitative estimate of drug-likeness (QED) is 0.672. The Morgan fingerprint density at radius 3 is 2.64 bits per heavy atom. The summed E-state index contributed by atoms with van der Waals surface area (Å²) in [6, 6.07) is 14.1. The van der Waals surface area contributed by atoms with E-state index in [9.17, 15) is 9.18 Å². The third-order valence-electron chi connectivity index (χ3n) is 4.01. The highest BCUT2D eigenvalue weighted by Gasteiger charge is 2.17. The predicted molar refractivity (Wildman–Crippen MR) is 99.4 cm³/mol. The van der Waals surface area contributed by atoms with Gasteiger partial charge in [0.15, 0.2) is 0 Å². The highest BCUT2D eigenvalue weighted by molar-refractivity contribution is 7.17. The lowest BCUT2D eigenvalue weighted by atomic mass is 10.1. The largest absolute Gasteiger partial charge is 0.341 e. The van der Waals surface area contributed by atoms with Crippen LogP contribution in [0.25, 0.3) is 10.4 Å². The summed E-state index contributed by atoms with van der Waals surface area (Å²) in [5.74, 6) is -0.263. The second kappa shape index (κ2) is 7.57. The van der Waals surface area contributed by atoms with Crippen molar-refractivity contribution in [1.29, 1.82) is 0 Å². The number of benzene rings is 1. The summed E-state index contributed by atoms with van der Waals surface area (Å²) in [6.07, 6.45) is 2.48. The molecule has 0 atom stereocenters. The van der Waals surface area contributed by atoms with E-state index in [0.29, 0.717) is 11.4 Å². The number of carbonyl (C=O) groups is 1. The molecule has 0 fully saturated rings. The Hall–Kier alpha value is -2.53. The zero-order valence-electron chi connectivity index (χ0n) is 14.2. The maximum absolute atomic E-state index is 13.1. The van der Waals surface area contributed by atoms with Crippen LogP contribution in [-0.4, -0.2) is 29.4 Å². The molecule has 2 heterocycles. The van der Waals surface area contributed by atoms with E-state index >= 15 is 0 Å². The molecule has 0 saturated carbocycles. The summed E-state index contributed by atoms with van der Waals surface area (Å²) >= 11 is 1.45. The molecule has 0 saturated heterocycles. The number of amides is 1. The highest BCUT2D eigenvalue weighted by Crippen LogP contribution is 2.33. The van der Waals surface area contributed by atoms with Crippen molar-refractivity contribution in [3.8, 4) is 10.4 Å². The Kier molecular flexibility index (Phi) is 5.24. The van der Waals surface area contributed by atoms with Crippen LogP contribution in [0.4, 0.5) is 4.39 Å². The summed E-state index contributed by atoms with van der Waals surface area (Å²) in [5.41, 5.74) is 2.92. The number of likely N-dealkylation sites (N-methyl/N-ethyl adjacent to an activating group) is 1. The lowest BCUT2D eigenvalue weighted by Crippen LogP contribution is -2.28. The number of pyridine rings is 1. The van der Waals surface area contributed by atoms with E-state index in [4.69, 9.17) is 0 Å². The van der Waals surface area contributed by atoms with Crippen molar-refractivity contribution < 1.29 is 9.18 Å². The van der Waals surface area contributed by atoms with E-state index in [1.807, 2.05) is 31.2 Å². The van der Waals surface area contributed by atoms with E-state index in [-0.39, 0.29) is 11.7 Å². The third kappa shape index (κ3) is 4.12. The molecule has 1 aromatic carbocycles. The molecule has 1 amide bonds. The highest BCUT2D eigenvalue weighted by atomic mass is 32.1. The van der Waals surface area contributed by atoms with Gasteiger partial charge in [0, 0.05) is 36.8 Å².